The number of halogens is 2. The number of aromatic hydroxyl groups is 1. The van der Waals surface area contributed by atoms with Crippen molar-refractivity contribution < 1.29 is 9.84 Å². The lowest BCUT2D eigenvalue weighted by Gasteiger charge is -2.08. The van der Waals surface area contributed by atoms with Crippen LogP contribution in [-0.2, 0) is 0 Å². The lowest BCUT2D eigenvalue weighted by atomic mass is 10.2. The molecule has 4 nitrogen and oxygen atoms in total. The Morgan fingerprint density at radius 2 is 2.22 bits per heavy atom. The van der Waals surface area contributed by atoms with Crippen LogP contribution >= 0.6 is 34.2 Å². The van der Waals surface area contributed by atoms with Crippen LogP contribution in [0.25, 0.3) is 11.4 Å². The standard InChI is InChI=1S/C12H10ClIN2O2/c1-2-18-10-5-7(3-4-9(10)17)12-15-6-8(14)11(13)16-12/h3-6,17H,2H2,1H3. The van der Waals surface area contributed by atoms with Gasteiger partial charge in [-0.1, -0.05) is 11.6 Å². The van der Waals surface area contributed by atoms with E-state index in [-0.39, 0.29) is 5.75 Å². The highest BCUT2D eigenvalue weighted by molar-refractivity contribution is 14.1. The second kappa shape index (κ2) is 5.71. The molecule has 0 spiro atoms. The van der Waals surface area contributed by atoms with Gasteiger partial charge in [-0.25, -0.2) is 9.97 Å². The van der Waals surface area contributed by atoms with E-state index < -0.39 is 0 Å². The van der Waals surface area contributed by atoms with E-state index in [1.807, 2.05) is 6.92 Å². The first-order chi connectivity index (χ1) is 8.61. The van der Waals surface area contributed by atoms with Crippen LogP contribution in [0.1, 0.15) is 6.92 Å². The van der Waals surface area contributed by atoms with Gasteiger partial charge in [0.1, 0.15) is 5.15 Å². The van der Waals surface area contributed by atoms with Crippen LogP contribution in [-0.4, -0.2) is 21.7 Å². The molecule has 0 saturated heterocycles. The van der Waals surface area contributed by atoms with Crippen molar-refractivity contribution in [2.45, 2.75) is 6.92 Å². The predicted molar refractivity (Wildman–Crippen MR) is 78.0 cm³/mol. The number of hydrogen-bond acceptors (Lipinski definition) is 4. The molecule has 0 saturated carbocycles. The lowest BCUT2D eigenvalue weighted by Crippen LogP contribution is -1.95. The summed E-state index contributed by atoms with van der Waals surface area (Å²) >= 11 is 8.02. The Balaban J connectivity index is 2.44. The van der Waals surface area contributed by atoms with Gasteiger partial charge in [-0.3, -0.25) is 0 Å². The molecule has 0 atom stereocenters. The van der Waals surface area contributed by atoms with E-state index in [9.17, 15) is 5.11 Å². The van der Waals surface area contributed by atoms with E-state index >= 15 is 0 Å². The van der Waals surface area contributed by atoms with Gasteiger partial charge < -0.3 is 9.84 Å². The number of rotatable bonds is 3. The number of ether oxygens (including phenoxy) is 1. The van der Waals surface area contributed by atoms with Crippen LogP contribution in [0.2, 0.25) is 5.15 Å². The van der Waals surface area contributed by atoms with Gasteiger partial charge in [0.25, 0.3) is 0 Å². The van der Waals surface area contributed by atoms with E-state index in [1.165, 1.54) is 0 Å². The molecule has 18 heavy (non-hydrogen) atoms. The van der Waals surface area contributed by atoms with Crippen molar-refractivity contribution in [1.29, 1.82) is 0 Å². The van der Waals surface area contributed by atoms with Crippen molar-refractivity contribution in [3.05, 3.63) is 33.1 Å². The van der Waals surface area contributed by atoms with Gasteiger partial charge in [-0.15, -0.1) is 0 Å². The predicted octanol–water partition coefficient (Wildman–Crippen LogP) is 3.51. The minimum Gasteiger partial charge on any atom is -0.504 e. The maximum Gasteiger partial charge on any atom is 0.161 e. The molecular weight excluding hydrogens is 367 g/mol. The molecular formula is C12H10ClIN2O2. The molecule has 94 valence electrons. The Morgan fingerprint density at radius 3 is 2.89 bits per heavy atom. The summed E-state index contributed by atoms with van der Waals surface area (Å²) in [6, 6.07) is 4.96. The fraction of sp³-hybridized carbons (Fsp3) is 0.167. The average molecular weight is 377 g/mol. The smallest absolute Gasteiger partial charge is 0.161 e. The Morgan fingerprint density at radius 1 is 1.44 bits per heavy atom. The summed E-state index contributed by atoms with van der Waals surface area (Å²) in [6.07, 6.45) is 1.65. The molecule has 0 aliphatic heterocycles. The van der Waals surface area contributed by atoms with Gasteiger partial charge in [-0.2, -0.15) is 0 Å². The fourth-order valence-corrected chi connectivity index (χ4v) is 1.80. The summed E-state index contributed by atoms with van der Waals surface area (Å²) in [5.41, 5.74) is 0.745. The van der Waals surface area contributed by atoms with Crippen LogP contribution < -0.4 is 4.74 Å². The second-order valence-electron chi connectivity index (χ2n) is 3.45. The fourth-order valence-electron chi connectivity index (χ4n) is 1.41. The van der Waals surface area contributed by atoms with Gasteiger partial charge in [0.15, 0.2) is 17.3 Å². The number of phenolic OH excluding ortho intramolecular Hbond substituents is 1. The first kappa shape index (κ1) is 13.4. The largest absolute Gasteiger partial charge is 0.504 e. The zero-order valence-electron chi connectivity index (χ0n) is 9.52. The van der Waals surface area contributed by atoms with Crippen LogP contribution in [0, 0.1) is 3.57 Å². The maximum atomic E-state index is 9.62. The van der Waals surface area contributed by atoms with Crippen LogP contribution in [0.3, 0.4) is 0 Å². The summed E-state index contributed by atoms with van der Waals surface area (Å²) in [5.74, 6) is 1.01. The third-order valence-corrected chi connectivity index (χ3v) is 3.62. The van der Waals surface area contributed by atoms with Crippen molar-refractivity contribution >= 4 is 34.2 Å². The van der Waals surface area contributed by atoms with Crippen molar-refractivity contribution in [3.63, 3.8) is 0 Å². The number of nitrogens with zero attached hydrogens (tertiary/aromatic N) is 2. The zero-order valence-corrected chi connectivity index (χ0v) is 12.4. The minimum absolute atomic E-state index is 0.0946. The van der Waals surface area contributed by atoms with Crippen molar-refractivity contribution in [2.75, 3.05) is 6.61 Å². The number of aromatic nitrogens is 2. The Labute approximate surface area is 123 Å². The summed E-state index contributed by atoms with van der Waals surface area (Å²) < 4.78 is 6.11. The van der Waals surface area contributed by atoms with E-state index in [2.05, 4.69) is 32.6 Å². The number of phenols is 1. The Bertz CT molecular complexity index is 578. The molecule has 1 aromatic heterocycles. The van der Waals surface area contributed by atoms with Crippen LogP contribution in [0.15, 0.2) is 24.4 Å². The first-order valence-corrected chi connectivity index (χ1v) is 6.71. The molecule has 0 aliphatic rings. The molecule has 0 bridgehead atoms. The molecule has 0 fully saturated rings. The molecule has 1 aromatic carbocycles. The van der Waals surface area contributed by atoms with Crippen molar-refractivity contribution in [1.82, 2.24) is 9.97 Å². The highest BCUT2D eigenvalue weighted by atomic mass is 127. The third kappa shape index (κ3) is 2.84. The number of benzene rings is 1. The quantitative estimate of drug-likeness (QED) is 0.658. The Hall–Kier alpha value is -1.08. The average Bonchev–Trinajstić information content (AvgIpc) is 2.36. The van der Waals surface area contributed by atoms with E-state index in [0.717, 1.165) is 9.13 Å². The zero-order chi connectivity index (χ0) is 13.1. The van der Waals surface area contributed by atoms with Gasteiger partial charge in [0, 0.05) is 11.8 Å². The summed E-state index contributed by atoms with van der Waals surface area (Å²) in [6.45, 7) is 2.33. The monoisotopic (exact) mass is 376 g/mol. The van der Waals surface area contributed by atoms with Gasteiger partial charge in [-0.05, 0) is 47.7 Å². The SMILES string of the molecule is CCOc1cc(-c2ncc(I)c(Cl)n2)ccc1O. The molecule has 2 rings (SSSR count). The van der Waals surface area contributed by atoms with Crippen molar-refractivity contribution in [3.8, 4) is 22.9 Å². The molecule has 0 amide bonds. The molecule has 6 heteroatoms. The molecule has 0 aliphatic carbocycles. The lowest BCUT2D eigenvalue weighted by molar-refractivity contribution is 0.318. The second-order valence-corrected chi connectivity index (χ2v) is 4.97. The van der Waals surface area contributed by atoms with Crippen LogP contribution in [0.4, 0.5) is 0 Å². The molecule has 1 N–H and O–H groups in total. The Kier molecular flexibility index (Phi) is 4.23. The van der Waals surface area contributed by atoms with Crippen molar-refractivity contribution in [2.24, 2.45) is 0 Å². The molecule has 0 unspecified atom stereocenters. The summed E-state index contributed by atoms with van der Waals surface area (Å²) in [4.78, 5) is 8.38. The van der Waals surface area contributed by atoms with E-state index in [1.54, 1.807) is 24.4 Å². The topological polar surface area (TPSA) is 55.2 Å². The summed E-state index contributed by atoms with van der Waals surface area (Å²) in [7, 11) is 0. The van der Waals surface area contributed by atoms with Gasteiger partial charge in [0.2, 0.25) is 0 Å². The molecule has 1 heterocycles. The molecule has 2 aromatic rings. The van der Waals surface area contributed by atoms with Crippen LogP contribution in [0.5, 0.6) is 11.5 Å². The third-order valence-electron chi connectivity index (χ3n) is 2.22. The highest BCUT2D eigenvalue weighted by Crippen LogP contribution is 2.31. The van der Waals surface area contributed by atoms with Gasteiger partial charge in [0.05, 0.1) is 10.2 Å². The highest BCUT2D eigenvalue weighted by Gasteiger charge is 2.09. The molecule has 0 radical (unpaired) electrons. The van der Waals surface area contributed by atoms with E-state index in [0.29, 0.717) is 23.3 Å². The maximum absolute atomic E-state index is 9.62. The van der Waals surface area contributed by atoms with E-state index in [4.69, 9.17) is 16.3 Å². The minimum atomic E-state index is 0.0946. The normalized spacial score (nSPS) is 10.4. The number of hydrogen-bond donors (Lipinski definition) is 1. The van der Waals surface area contributed by atoms with Gasteiger partial charge >= 0.3 is 0 Å². The first-order valence-electron chi connectivity index (χ1n) is 5.26. The summed E-state index contributed by atoms with van der Waals surface area (Å²) in [5, 5.41) is 10.0.